The first-order chi connectivity index (χ1) is 9.83. The van der Waals surface area contributed by atoms with Gasteiger partial charge < -0.3 is 15.0 Å². The number of nitrogens with one attached hydrogen (secondary N) is 1. The Bertz CT molecular complexity index is 313. The summed E-state index contributed by atoms with van der Waals surface area (Å²) in [6.07, 6.45) is 8.86. The van der Waals surface area contributed by atoms with Crippen LogP contribution >= 0.6 is 0 Å². The van der Waals surface area contributed by atoms with E-state index in [4.69, 9.17) is 4.74 Å². The standard InChI is InChI=1S/C18H36N2O/c1-14-7-6-8-15(11-14)20(5)13-17-10-9-16(21-17)12-19-18(2,3)4/h14-17,19H,6-13H2,1-5H3. The first kappa shape index (κ1) is 17.2. The predicted octanol–water partition coefficient (Wildman–Crippen LogP) is 3.43. The summed E-state index contributed by atoms with van der Waals surface area (Å²) >= 11 is 0. The molecule has 4 atom stereocenters. The van der Waals surface area contributed by atoms with Crippen LogP contribution in [0.4, 0.5) is 0 Å². The fourth-order valence-corrected chi connectivity index (χ4v) is 3.76. The molecule has 0 aromatic heterocycles. The van der Waals surface area contributed by atoms with Crippen molar-refractivity contribution >= 4 is 0 Å². The van der Waals surface area contributed by atoms with Crippen LogP contribution in [-0.2, 0) is 4.74 Å². The van der Waals surface area contributed by atoms with Crippen LogP contribution < -0.4 is 5.32 Å². The van der Waals surface area contributed by atoms with Gasteiger partial charge >= 0.3 is 0 Å². The smallest absolute Gasteiger partial charge is 0.0707 e. The molecule has 0 amide bonds. The normalized spacial score (nSPS) is 34.6. The van der Waals surface area contributed by atoms with E-state index in [1.54, 1.807) is 0 Å². The Morgan fingerprint density at radius 2 is 1.81 bits per heavy atom. The molecule has 0 bridgehead atoms. The molecule has 4 unspecified atom stereocenters. The highest BCUT2D eigenvalue weighted by Gasteiger charge is 2.29. The molecule has 124 valence electrons. The van der Waals surface area contributed by atoms with Crippen molar-refractivity contribution in [1.82, 2.24) is 10.2 Å². The van der Waals surface area contributed by atoms with E-state index in [1.165, 1.54) is 38.5 Å². The third-order valence-corrected chi connectivity index (χ3v) is 5.08. The van der Waals surface area contributed by atoms with Gasteiger partial charge in [-0.05, 0) is 59.4 Å². The quantitative estimate of drug-likeness (QED) is 0.841. The first-order valence-electron chi connectivity index (χ1n) is 8.94. The van der Waals surface area contributed by atoms with Gasteiger partial charge in [0.15, 0.2) is 0 Å². The fraction of sp³-hybridized carbons (Fsp3) is 1.00. The average Bonchev–Trinajstić information content (AvgIpc) is 2.83. The van der Waals surface area contributed by atoms with Gasteiger partial charge in [-0.1, -0.05) is 19.8 Å². The molecule has 2 fully saturated rings. The summed E-state index contributed by atoms with van der Waals surface area (Å²) in [5.41, 5.74) is 0.191. The molecule has 3 heteroatoms. The number of hydrogen-bond acceptors (Lipinski definition) is 3. The second kappa shape index (κ2) is 7.43. The Morgan fingerprint density at radius 3 is 2.48 bits per heavy atom. The molecule has 3 nitrogen and oxygen atoms in total. The van der Waals surface area contributed by atoms with Crippen LogP contribution in [0.3, 0.4) is 0 Å². The summed E-state index contributed by atoms with van der Waals surface area (Å²) in [5, 5.41) is 3.57. The second-order valence-electron chi connectivity index (χ2n) is 8.45. The van der Waals surface area contributed by atoms with Gasteiger partial charge in [0.2, 0.25) is 0 Å². The summed E-state index contributed by atoms with van der Waals surface area (Å²) in [6.45, 7) is 11.2. The van der Waals surface area contributed by atoms with Crippen molar-refractivity contribution in [2.24, 2.45) is 5.92 Å². The monoisotopic (exact) mass is 296 g/mol. The number of hydrogen-bond donors (Lipinski definition) is 1. The molecule has 1 N–H and O–H groups in total. The summed E-state index contributed by atoms with van der Waals surface area (Å²) in [4.78, 5) is 2.57. The highest BCUT2D eigenvalue weighted by atomic mass is 16.5. The van der Waals surface area contributed by atoms with Crippen molar-refractivity contribution < 1.29 is 4.74 Å². The third-order valence-electron chi connectivity index (χ3n) is 5.08. The topological polar surface area (TPSA) is 24.5 Å². The van der Waals surface area contributed by atoms with Gasteiger partial charge in [-0.2, -0.15) is 0 Å². The van der Waals surface area contributed by atoms with Crippen LogP contribution in [0.5, 0.6) is 0 Å². The van der Waals surface area contributed by atoms with E-state index >= 15 is 0 Å². The summed E-state index contributed by atoms with van der Waals surface area (Å²) in [5.74, 6) is 0.902. The van der Waals surface area contributed by atoms with E-state index in [-0.39, 0.29) is 5.54 Å². The van der Waals surface area contributed by atoms with Gasteiger partial charge in [0.25, 0.3) is 0 Å². The molecule has 1 heterocycles. The second-order valence-corrected chi connectivity index (χ2v) is 8.45. The zero-order valence-electron chi connectivity index (χ0n) is 14.8. The summed E-state index contributed by atoms with van der Waals surface area (Å²) in [6, 6.07) is 0.782. The zero-order chi connectivity index (χ0) is 15.5. The van der Waals surface area contributed by atoms with Crippen LogP contribution in [0, 0.1) is 5.92 Å². The van der Waals surface area contributed by atoms with Crippen molar-refractivity contribution in [3.05, 3.63) is 0 Å². The van der Waals surface area contributed by atoms with Crippen molar-refractivity contribution in [3.8, 4) is 0 Å². The fourth-order valence-electron chi connectivity index (χ4n) is 3.76. The van der Waals surface area contributed by atoms with Gasteiger partial charge in [0.1, 0.15) is 0 Å². The third kappa shape index (κ3) is 5.88. The summed E-state index contributed by atoms with van der Waals surface area (Å²) in [7, 11) is 2.30. The van der Waals surface area contributed by atoms with Crippen LogP contribution in [-0.4, -0.2) is 48.8 Å². The molecule has 1 saturated heterocycles. The molecular formula is C18H36N2O. The molecule has 1 aliphatic carbocycles. The zero-order valence-corrected chi connectivity index (χ0v) is 14.8. The Labute approximate surface area is 131 Å². The molecule has 0 radical (unpaired) electrons. The largest absolute Gasteiger partial charge is 0.372 e. The van der Waals surface area contributed by atoms with Gasteiger partial charge in [-0.25, -0.2) is 0 Å². The van der Waals surface area contributed by atoms with Crippen LogP contribution in [0.25, 0.3) is 0 Å². The van der Waals surface area contributed by atoms with Crippen molar-refractivity contribution in [1.29, 1.82) is 0 Å². The molecule has 0 aromatic rings. The van der Waals surface area contributed by atoms with Gasteiger partial charge in [0.05, 0.1) is 12.2 Å². The van der Waals surface area contributed by atoms with E-state index < -0.39 is 0 Å². The molecular weight excluding hydrogens is 260 g/mol. The lowest BCUT2D eigenvalue weighted by Gasteiger charge is -2.35. The molecule has 1 aliphatic heterocycles. The minimum Gasteiger partial charge on any atom is -0.372 e. The molecule has 0 spiro atoms. The lowest BCUT2D eigenvalue weighted by molar-refractivity contribution is 0.0129. The predicted molar refractivity (Wildman–Crippen MR) is 89.7 cm³/mol. The van der Waals surface area contributed by atoms with E-state index in [9.17, 15) is 0 Å². The maximum absolute atomic E-state index is 6.24. The van der Waals surface area contributed by atoms with Crippen molar-refractivity contribution in [3.63, 3.8) is 0 Å². The van der Waals surface area contributed by atoms with E-state index in [1.807, 2.05) is 0 Å². The molecule has 2 rings (SSSR count). The van der Waals surface area contributed by atoms with E-state index in [0.717, 1.165) is 25.0 Å². The maximum Gasteiger partial charge on any atom is 0.0707 e. The van der Waals surface area contributed by atoms with E-state index in [2.05, 4.69) is 45.0 Å². The SMILES string of the molecule is CC1CCCC(N(C)CC2CCC(CNC(C)(C)C)O2)C1. The minimum atomic E-state index is 0.191. The average molecular weight is 296 g/mol. The lowest BCUT2D eigenvalue weighted by Crippen LogP contribution is -2.42. The van der Waals surface area contributed by atoms with Gasteiger partial charge in [-0.15, -0.1) is 0 Å². The molecule has 2 aliphatic rings. The first-order valence-corrected chi connectivity index (χ1v) is 8.94. The highest BCUT2D eigenvalue weighted by molar-refractivity contribution is 4.83. The number of likely N-dealkylation sites (N-methyl/N-ethyl adjacent to an activating group) is 1. The number of rotatable bonds is 5. The Balaban J connectivity index is 1.69. The van der Waals surface area contributed by atoms with E-state index in [0.29, 0.717) is 12.2 Å². The van der Waals surface area contributed by atoms with Crippen molar-refractivity contribution in [2.45, 2.75) is 90.0 Å². The van der Waals surface area contributed by atoms with Crippen LogP contribution in [0.15, 0.2) is 0 Å². The Morgan fingerprint density at radius 1 is 1.10 bits per heavy atom. The Hall–Kier alpha value is -0.120. The molecule has 21 heavy (non-hydrogen) atoms. The maximum atomic E-state index is 6.24. The van der Waals surface area contributed by atoms with Gasteiger partial charge in [0, 0.05) is 24.7 Å². The Kier molecular flexibility index (Phi) is 6.10. The highest BCUT2D eigenvalue weighted by Crippen LogP contribution is 2.28. The van der Waals surface area contributed by atoms with Gasteiger partial charge in [-0.3, -0.25) is 0 Å². The number of ether oxygens (including phenoxy) is 1. The van der Waals surface area contributed by atoms with Crippen LogP contribution in [0.1, 0.15) is 66.2 Å². The molecule has 0 aromatic carbocycles. The lowest BCUT2D eigenvalue weighted by atomic mass is 9.86. The minimum absolute atomic E-state index is 0.191. The summed E-state index contributed by atoms with van der Waals surface area (Å²) < 4.78 is 6.24. The number of nitrogens with zero attached hydrogens (tertiary/aromatic N) is 1. The van der Waals surface area contributed by atoms with Crippen molar-refractivity contribution in [2.75, 3.05) is 20.1 Å². The van der Waals surface area contributed by atoms with Crippen LogP contribution in [0.2, 0.25) is 0 Å². The molecule has 1 saturated carbocycles.